The maximum Gasteiger partial charge on any atom is 0.354 e. The highest BCUT2D eigenvalue weighted by Crippen LogP contribution is 2.29. The van der Waals surface area contributed by atoms with Crippen LogP contribution in [0.4, 0.5) is 0 Å². The molecule has 0 fully saturated rings. The van der Waals surface area contributed by atoms with E-state index in [-0.39, 0.29) is 17.2 Å². The van der Waals surface area contributed by atoms with Crippen LogP contribution < -0.4 is 10.1 Å². The number of aromatic nitrogens is 1. The van der Waals surface area contributed by atoms with Crippen molar-refractivity contribution in [1.29, 1.82) is 0 Å². The van der Waals surface area contributed by atoms with Crippen molar-refractivity contribution < 1.29 is 14.6 Å². The molecular formula is C29H34N2O3. The highest BCUT2D eigenvalue weighted by molar-refractivity contribution is 5.85. The van der Waals surface area contributed by atoms with E-state index in [2.05, 4.69) is 61.4 Å². The number of hydrogen-bond acceptors (Lipinski definition) is 4. The minimum absolute atomic E-state index is 0.124. The first-order valence-electron chi connectivity index (χ1n) is 12.1. The summed E-state index contributed by atoms with van der Waals surface area (Å²) in [5, 5.41) is 12.9. The lowest BCUT2D eigenvalue weighted by molar-refractivity contribution is 0.0690. The van der Waals surface area contributed by atoms with Crippen LogP contribution in [0.15, 0.2) is 60.7 Å². The molecular weight excluding hydrogens is 424 g/mol. The second-order valence-corrected chi connectivity index (χ2v) is 10.0. The number of carboxylic acid groups (broad SMARTS) is 1. The Labute approximate surface area is 202 Å². The largest absolute Gasteiger partial charge is 0.489 e. The number of aryl methyl sites for hydroxylation is 1. The Bertz CT molecular complexity index is 1130. The molecule has 0 saturated carbocycles. The Morgan fingerprint density at radius 1 is 1.09 bits per heavy atom. The average molecular weight is 459 g/mol. The van der Waals surface area contributed by atoms with Gasteiger partial charge in [0.15, 0.2) is 0 Å². The molecule has 0 spiro atoms. The predicted octanol–water partition coefficient (Wildman–Crippen LogP) is 5.87. The Hall–Kier alpha value is -3.18. The number of pyridine rings is 1. The molecule has 1 unspecified atom stereocenters. The second-order valence-electron chi connectivity index (χ2n) is 10.0. The van der Waals surface area contributed by atoms with Crippen LogP contribution >= 0.6 is 0 Å². The summed E-state index contributed by atoms with van der Waals surface area (Å²) in [7, 11) is 0. The standard InChI is InChI=1S/C29H34N2O3/c1-29(2,3)22-13-11-20(12-14-22)19-34-27-10-5-4-7-21(27)17-18-30-24-8-6-9-25-23(24)15-16-26(31-25)28(32)33/h4-5,7,10-16,24,30H,6,8-9,17-19H2,1-3H3,(H,32,33). The van der Waals surface area contributed by atoms with Crippen LogP contribution in [0.3, 0.4) is 0 Å². The first-order chi connectivity index (χ1) is 16.3. The van der Waals surface area contributed by atoms with E-state index in [0.29, 0.717) is 6.61 Å². The normalized spacial score (nSPS) is 15.6. The minimum atomic E-state index is -0.973. The van der Waals surface area contributed by atoms with E-state index in [1.54, 1.807) is 6.07 Å². The van der Waals surface area contributed by atoms with Gasteiger partial charge in [0, 0.05) is 11.7 Å². The molecule has 178 valence electrons. The highest BCUT2D eigenvalue weighted by Gasteiger charge is 2.22. The molecule has 2 aromatic carbocycles. The van der Waals surface area contributed by atoms with E-state index >= 15 is 0 Å². The summed E-state index contributed by atoms with van der Waals surface area (Å²) in [5.41, 5.74) is 5.96. The quantitative estimate of drug-likeness (QED) is 0.442. The molecule has 5 nitrogen and oxygen atoms in total. The Morgan fingerprint density at radius 3 is 2.59 bits per heavy atom. The van der Waals surface area contributed by atoms with Crippen molar-refractivity contribution in [3.63, 3.8) is 0 Å². The summed E-state index contributed by atoms with van der Waals surface area (Å²) >= 11 is 0. The summed E-state index contributed by atoms with van der Waals surface area (Å²) in [5.74, 6) is -0.0550. The van der Waals surface area contributed by atoms with E-state index < -0.39 is 5.97 Å². The lowest BCUT2D eigenvalue weighted by atomic mass is 9.87. The summed E-state index contributed by atoms with van der Waals surface area (Å²) < 4.78 is 6.19. The van der Waals surface area contributed by atoms with Gasteiger partial charge in [-0.1, -0.05) is 69.3 Å². The van der Waals surface area contributed by atoms with E-state index in [9.17, 15) is 9.90 Å². The van der Waals surface area contributed by atoms with Gasteiger partial charge in [-0.25, -0.2) is 9.78 Å². The molecule has 1 heterocycles. The van der Waals surface area contributed by atoms with Crippen LogP contribution in [0.25, 0.3) is 0 Å². The van der Waals surface area contributed by atoms with E-state index in [1.807, 2.05) is 24.3 Å². The zero-order valence-electron chi connectivity index (χ0n) is 20.3. The summed E-state index contributed by atoms with van der Waals surface area (Å²) in [6.45, 7) is 8.02. The van der Waals surface area contributed by atoms with E-state index in [1.165, 1.54) is 11.1 Å². The zero-order valence-corrected chi connectivity index (χ0v) is 20.3. The van der Waals surface area contributed by atoms with Gasteiger partial charge < -0.3 is 15.2 Å². The number of ether oxygens (including phenoxy) is 1. The number of hydrogen-bond donors (Lipinski definition) is 2. The fraction of sp³-hybridized carbons (Fsp3) is 0.379. The smallest absolute Gasteiger partial charge is 0.354 e. The Kier molecular flexibility index (Phi) is 7.32. The molecule has 0 saturated heterocycles. The van der Waals surface area contributed by atoms with Crippen molar-refractivity contribution in [2.45, 2.75) is 64.5 Å². The van der Waals surface area contributed by atoms with Gasteiger partial charge in [-0.3, -0.25) is 0 Å². The van der Waals surface area contributed by atoms with Crippen molar-refractivity contribution in [2.75, 3.05) is 6.54 Å². The van der Waals surface area contributed by atoms with Crippen LogP contribution in [0, 0.1) is 0 Å². The molecule has 0 aliphatic heterocycles. The molecule has 4 rings (SSSR count). The fourth-order valence-corrected chi connectivity index (χ4v) is 4.48. The maximum atomic E-state index is 11.2. The highest BCUT2D eigenvalue weighted by atomic mass is 16.5. The number of carbonyl (C=O) groups is 1. The molecule has 1 aromatic heterocycles. The summed E-state index contributed by atoms with van der Waals surface area (Å²) in [6, 6.07) is 20.6. The Morgan fingerprint density at radius 2 is 1.85 bits per heavy atom. The van der Waals surface area contributed by atoms with Gasteiger partial charge in [-0.2, -0.15) is 0 Å². The van der Waals surface area contributed by atoms with Gasteiger partial charge in [0.05, 0.1) is 0 Å². The first-order valence-corrected chi connectivity index (χ1v) is 12.1. The summed E-state index contributed by atoms with van der Waals surface area (Å²) in [6.07, 6.45) is 3.73. The molecule has 0 radical (unpaired) electrons. The van der Waals surface area contributed by atoms with Crippen LogP contribution in [0.1, 0.15) is 78.1 Å². The molecule has 1 aliphatic rings. The van der Waals surface area contributed by atoms with Gasteiger partial charge in [0.1, 0.15) is 18.1 Å². The SMILES string of the molecule is CC(C)(C)c1ccc(COc2ccccc2CCNC2CCCc3nc(C(=O)O)ccc32)cc1. The van der Waals surface area contributed by atoms with Crippen molar-refractivity contribution >= 4 is 5.97 Å². The first kappa shape index (κ1) is 24.0. The number of aromatic carboxylic acids is 1. The molecule has 34 heavy (non-hydrogen) atoms. The average Bonchev–Trinajstić information content (AvgIpc) is 2.83. The number of carboxylic acids is 1. The van der Waals surface area contributed by atoms with Gasteiger partial charge in [-0.05, 0) is 72.0 Å². The lowest BCUT2D eigenvalue weighted by Crippen LogP contribution is -2.28. The molecule has 1 aliphatic carbocycles. The number of benzene rings is 2. The molecule has 0 amide bonds. The third kappa shape index (κ3) is 5.84. The van der Waals surface area contributed by atoms with Gasteiger partial charge in [0.2, 0.25) is 0 Å². The van der Waals surface area contributed by atoms with Crippen LogP contribution in [0.5, 0.6) is 5.75 Å². The van der Waals surface area contributed by atoms with Gasteiger partial charge >= 0.3 is 5.97 Å². The monoisotopic (exact) mass is 458 g/mol. The number of rotatable bonds is 8. The van der Waals surface area contributed by atoms with E-state index in [4.69, 9.17) is 4.74 Å². The minimum Gasteiger partial charge on any atom is -0.489 e. The number of nitrogens with one attached hydrogen (secondary N) is 1. The lowest BCUT2D eigenvalue weighted by Gasteiger charge is -2.26. The van der Waals surface area contributed by atoms with Crippen molar-refractivity contribution in [3.05, 3.63) is 94.3 Å². The molecule has 0 bridgehead atoms. The van der Waals surface area contributed by atoms with Crippen LogP contribution in [-0.2, 0) is 24.9 Å². The predicted molar refractivity (Wildman–Crippen MR) is 134 cm³/mol. The second kappa shape index (κ2) is 10.4. The number of nitrogens with zero attached hydrogens (tertiary/aromatic N) is 1. The van der Waals surface area contributed by atoms with Crippen molar-refractivity contribution in [2.24, 2.45) is 0 Å². The Balaban J connectivity index is 1.35. The van der Waals surface area contributed by atoms with Gasteiger partial charge in [0.25, 0.3) is 0 Å². The van der Waals surface area contributed by atoms with Crippen LogP contribution in [-0.4, -0.2) is 22.6 Å². The third-order valence-electron chi connectivity index (χ3n) is 6.48. The molecule has 1 atom stereocenters. The number of fused-ring (bicyclic) bond motifs is 1. The van der Waals surface area contributed by atoms with Crippen molar-refractivity contribution in [3.8, 4) is 5.75 Å². The zero-order chi connectivity index (χ0) is 24.1. The third-order valence-corrected chi connectivity index (χ3v) is 6.48. The van der Waals surface area contributed by atoms with Crippen LogP contribution in [0.2, 0.25) is 0 Å². The van der Waals surface area contributed by atoms with E-state index in [0.717, 1.165) is 54.8 Å². The maximum absolute atomic E-state index is 11.2. The number of para-hydroxylation sites is 1. The molecule has 3 aromatic rings. The summed E-state index contributed by atoms with van der Waals surface area (Å²) in [4.78, 5) is 15.6. The van der Waals surface area contributed by atoms with Gasteiger partial charge in [-0.15, -0.1) is 0 Å². The molecule has 5 heteroatoms. The van der Waals surface area contributed by atoms with Crippen molar-refractivity contribution in [1.82, 2.24) is 10.3 Å². The fourth-order valence-electron chi connectivity index (χ4n) is 4.48. The topological polar surface area (TPSA) is 71.5 Å². The molecule has 2 N–H and O–H groups in total.